The zero-order chi connectivity index (χ0) is 13.8. The summed E-state index contributed by atoms with van der Waals surface area (Å²) in [5.41, 5.74) is 1.81. The molecule has 19 heavy (non-hydrogen) atoms. The van der Waals surface area contributed by atoms with Crippen molar-refractivity contribution >= 4 is 5.69 Å². The summed E-state index contributed by atoms with van der Waals surface area (Å²) in [6, 6.07) is 7.67. The van der Waals surface area contributed by atoms with E-state index in [1.807, 2.05) is 19.1 Å². The number of aryl methyl sites for hydroxylation is 1. The second kappa shape index (κ2) is 5.19. The van der Waals surface area contributed by atoms with Crippen molar-refractivity contribution in [1.82, 2.24) is 4.98 Å². The third-order valence-electron chi connectivity index (χ3n) is 2.43. The Balaban J connectivity index is 2.27. The van der Waals surface area contributed by atoms with E-state index >= 15 is 0 Å². The average molecular weight is 254 g/mol. The van der Waals surface area contributed by atoms with E-state index in [1.165, 1.54) is 18.2 Å². The van der Waals surface area contributed by atoms with Gasteiger partial charge in [-0.3, -0.25) is 15.1 Å². The normalized spacial score (nSPS) is 9.53. The lowest BCUT2D eigenvalue weighted by atomic mass is 10.1. The van der Waals surface area contributed by atoms with E-state index in [9.17, 15) is 15.2 Å². The van der Waals surface area contributed by atoms with Crippen LogP contribution < -0.4 is 0 Å². The Bertz CT molecular complexity index is 682. The topological polar surface area (TPSA) is 76.3 Å². The summed E-state index contributed by atoms with van der Waals surface area (Å²) in [6.45, 7) is 1.88. The molecule has 2 rings (SSSR count). The number of benzene rings is 1. The predicted octanol–water partition coefficient (Wildman–Crippen LogP) is 2.40. The van der Waals surface area contributed by atoms with Crippen LogP contribution in [0.2, 0.25) is 0 Å². The highest BCUT2D eigenvalue weighted by Crippen LogP contribution is 2.25. The molecule has 5 nitrogen and oxygen atoms in total. The molecule has 1 aromatic carbocycles. The summed E-state index contributed by atoms with van der Waals surface area (Å²) >= 11 is 0. The van der Waals surface area contributed by atoms with Gasteiger partial charge in [-0.15, -0.1) is 0 Å². The molecule has 2 aromatic rings. The van der Waals surface area contributed by atoms with E-state index in [0.717, 1.165) is 11.3 Å². The van der Waals surface area contributed by atoms with Crippen molar-refractivity contribution in [3.8, 4) is 17.6 Å². The maximum atomic E-state index is 10.5. The fourth-order valence-electron chi connectivity index (χ4n) is 1.44. The van der Waals surface area contributed by atoms with Crippen LogP contribution in [-0.2, 0) is 0 Å². The van der Waals surface area contributed by atoms with Crippen molar-refractivity contribution in [2.24, 2.45) is 0 Å². The van der Waals surface area contributed by atoms with Crippen LogP contribution in [-0.4, -0.2) is 15.0 Å². The number of nitro benzene ring substituents is 1. The molecule has 0 aliphatic rings. The molecule has 0 bridgehead atoms. The van der Waals surface area contributed by atoms with Crippen molar-refractivity contribution in [3.63, 3.8) is 0 Å². The molecule has 0 aliphatic carbocycles. The van der Waals surface area contributed by atoms with Gasteiger partial charge in [0.15, 0.2) is 5.75 Å². The molecule has 5 heteroatoms. The second-order valence-corrected chi connectivity index (χ2v) is 3.90. The number of nitrogens with zero attached hydrogens (tertiary/aromatic N) is 2. The number of aromatic hydroxyl groups is 1. The first-order chi connectivity index (χ1) is 9.06. The van der Waals surface area contributed by atoms with Crippen LogP contribution in [0.3, 0.4) is 0 Å². The molecule has 0 unspecified atom stereocenters. The minimum Gasteiger partial charge on any atom is -0.502 e. The number of rotatable bonds is 1. The van der Waals surface area contributed by atoms with Crippen LogP contribution in [0.15, 0.2) is 36.5 Å². The monoisotopic (exact) mass is 254 g/mol. The first kappa shape index (κ1) is 12.6. The van der Waals surface area contributed by atoms with Crippen molar-refractivity contribution in [2.45, 2.75) is 6.92 Å². The molecule has 0 radical (unpaired) electrons. The fourth-order valence-corrected chi connectivity index (χ4v) is 1.44. The average Bonchev–Trinajstić information content (AvgIpc) is 2.37. The zero-order valence-electron chi connectivity index (χ0n) is 10.1. The van der Waals surface area contributed by atoms with Gasteiger partial charge in [-0.1, -0.05) is 11.8 Å². The number of hydrogen-bond donors (Lipinski definition) is 1. The van der Waals surface area contributed by atoms with Crippen molar-refractivity contribution < 1.29 is 10.0 Å². The summed E-state index contributed by atoms with van der Waals surface area (Å²) < 4.78 is 0. The predicted molar refractivity (Wildman–Crippen MR) is 69.7 cm³/mol. The third kappa shape index (κ3) is 3.07. The Kier molecular flexibility index (Phi) is 3.44. The third-order valence-corrected chi connectivity index (χ3v) is 2.43. The van der Waals surface area contributed by atoms with E-state index in [2.05, 4.69) is 16.8 Å². The van der Waals surface area contributed by atoms with E-state index in [4.69, 9.17) is 0 Å². The van der Waals surface area contributed by atoms with Crippen LogP contribution in [0.4, 0.5) is 5.69 Å². The highest BCUT2D eigenvalue weighted by molar-refractivity contribution is 5.52. The Hall–Kier alpha value is -2.87. The highest BCUT2D eigenvalue weighted by Gasteiger charge is 2.11. The Morgan fingerprint density at radius 3 is 2.47 bits per heavy atom. The molecule has 0 spiro atoms. The lowest BCUT2D eigenvalue weighted by molar-refractivity contribution is -0.385. The molecular weight excluding hydrogens is 244 g/mol. The van der Waals surface area contributed by atoms with E-state index < -0.39 is 4.92 Å². The summed E-state index contributed by atoms with van der Waals surface area (Å²) in [6.07, 6.45) is 1.65. The summed E-state index contributed by atoms with van der Waals surface area (Å²) in [7, 11) is 0. The van der Waals surface area contributed by atoms with Gasteiger partial charge in [0.25, 0.3) is 0 Å². The van der Waals surface area contributed by atoms with Gasteiger partial charge in [0, 0.05) is 35.2 Å². The molecule has 0 atom stereocenters. The Labute approximate surface area is 109 Å². The fraction of sp³-hybridized carbons (Fsp3) is 0.0714. The summed E-state index contributed by atoms with van der Waals surface area (Å²) in [5, 5.41) is 20.0. The second-order valence-electron chi connectivity index (χ2n) is 3.90. The first-order valence-corrected chi connectivity index (χ1v) is 5.48. The summed E-state index contributed by atoms with van der Waals surface area (Å²) in [5.74, 6) is 5.30. The largest absolute Gasteiger partial charge is 0.502 e. The van der Waals surface area contributed by atoms with Crippen molar-refractivity contribution in [1.29, 1.82) is 0 Å². The van der Waals surface area contributed by atoms with Crippen molar-refractivity contribution in [2.75, 3.05) is 0 Å². The Morgan fingerprint density at radius 1 is 1.21 bits per heavy atom. The molecule has 0 fully saturated rings. The van der Waals surface area contributed by atoms with Gasteiger partial charge >= 0.3 is 5.69 Å². The maximum Gasteiger partial charge on any atom is 0.310 e. The van der Waals surface area contributed by atoms with Crippen LogP contribution >= 0.6 is 0 Å². The SMILES string of the molecule is Cc1ccc(C#Cc2ccc([N+](=O)[O-])c(O)c2)cn1. The van der Waals surface area contributed by atoms with Crippen LogP contribution in [0.5, 0.6) is 5.75 Å². The first-order valence-electron chi connectivity index (χ1n) is 5.48. The lowest BCUT2D eigenvalue weighted by Gasteiger charge is -1.96. The molecule has 0 amide bonds. The van der Waals surface area contributed by atoms with Crippen molar-refractivity contribution in [3.05, 3.63) is 63.5 Å². The van der Waals surface area contributed by atoms with E-state index in [1.54, 1.807) is 6.20 Å². The molecule has 0 saturated carbocycles. The van der Waals surface area contributed by atoms with Crippen LogP contribution in [0, 0.1) is 28.9 Å². The van der Waals surface area contributed by atoms with Gasteiger partial charge in [0.05, 0.1) is 4.92 Å². The maximum absolute atomic E-state index is 10.5. The zero-order valence-corrected chi connectivity index (χ0v) is 10.1. The number of phenolic OH excluding ortho intramolecular Hbond substituents is 1. The number of hydrogen-bond acceptors (Lipinski definition) is 4. The number of pyridine rings is 1. The lowest BCUT2D eigenvalue weighted by Crippen LogP contribution is -1.88. The van der Waals surface area contributed by atoms with Gasteiger partial charge in [-0.05, 0) is 25.1 Å². The quantitative estimate of drug-likeness (QED) is 0.481. The standard InChI is InChI=1S/C14H10N2O3/c1-10-2-3-12(9-15-10)5-4-11-6-7-13(16(18)19)14(17)8-11/h2-3,6-9,17H,1H3. The number of nitro groups is 1. The van der Waals surface area contributed by atoms with Crippen LogP contribution in [0.1, 0.15) is 16.8 Å². The van der Waals surface area contributed by atoms with Crippen LogP contribution in [0.25, 0.3) is 0 Å². The Morgan fingerprint density at radius 2 is 1.89 bits per heavy atom. The molecule has 1 aromatic heterocycles. The molecule has 1 heterocycles. The number of phenols is 1. The van der Waals surface area contributed by atoms with E-state index in [-0.39, 0.29) is 11.4 Å². The minimum atomic E-state index is -0.642. The highest BCUT2D eigenvalue weighted by atomic mass is 16.6. The van der Waals surface area contributed by atoms with Gasteiger partial charge in [0.2, 0.25) is 0 Å². The number of aromatic nitrogens is 1. The molecule has 0 saturated heterocycles. The molecule has 0 aliphatic heterocycles. The molecule has 94 valence electrons. The molecular formula is C14H10N2O3. The smallest absolute Gasteiger partial charge is 0.310 e. The van der Waals surface area contributed by atoms with Gasteiger partial charge in [-0.2, -0.15) is 0 Å². The van der Waals surface area contributed by atoms with E-state index in [0.29, 0.717) is 5.56 Å². The van der Waals surface area contributed by atoms with Gasteiger partial charge < -0.3 is 5.11 Å². The minimum absolute atomic E-state index is 0.331. The van der Waals surface area contributed by atoms with Gasteiger partial charge in [-0.25, -0.2) is 0 Å². The summed E-state index contributed by atoms with van der Waals surface area (Å²) in [4.78, 5) is 14.0. The molecule has 1 N–H and O–H groups in total. The van der Waals surface area contributed by atoms with Gasteiger partial charge in [0.1, 0.15) is 0 Å².